The number of benzene rings is 2. The molecular formula is C46H51ClN16O6. The maximum Gasteiger partial charge on any atom is 0.293 e. The zero-order valence-corrected chi connectivity index (χ0v) is 39.0. The molecule has 22 nitrogen and oxygen atoms in total. The van der Waals surface area contributed by atoms with Gasteiger partial charge in [-0.1, -0.05) is 42.3 Å². The van der Waals surface area contributed by atoms with Crippen molar-refractivity contribution in [3.8, 4) is 34.5 Å². The second kappa shape index (κ2) is 22.3. The molecule has 1 fully saturated rings. The number of carbonyl (C=O) groups excluding carboxylic acids is 3. The number of furan rings is 1. The third kappa shape index (κ3) is 11.7. The van der Waals surface area contributed by atoms with E-state index >= 15 is 0 Å². The number of nitrogen functional groups attached to an aromatic ring is 1. The van der Waals surface area contributed by atoms with Crippen LogP contribution in [0.5, 0.6) is 11.8 Å². The number of nitrogens with one attached hydrogen (secondary N) is 5. The molecule has 5 aromatic heterocycles. The quantitative estimate of drug-likeness (QED) is 0.0537. The van der Waals surface area contributed by atoms with E-state index in [0.29, 0.717) is 84.7 Å². The van der Waals surface area contributed by atoms with Gasteiger partial charge in [-0.25, -0.2) is 9.97 Å². The number of rotatable bonds is 20. The molecule has 0 spiro atoms. The Labute approximate surface area is 401 Å². The Balaban J connectivity index is 0.796. The summed E-state index contributed by atoms with van der Waals surface area (Å²) in [4.78, 5) is 72.1. The lowest BCUT2D eigenvalue weighted by Crippen LogP contribution is -2.32. The molecule has 7 N–H and O–H groups in total. The number of anilines is 4. The molecule has 1 aliphatic rings. The summed E-state index contributed by atoms with van der Waals surface area (Å²) >= 11 is 6.93. The maximum atomic E-state index is 13.5. The first-order chi connectivity index (χ1) is 33.6. The van der Waals surface area contributed by atoms with Crippen LogP contribution in [0.1, 0.15) is 70.0 Å². The second-order valence-electron chi connectivity index (χ2n) is 15.9. The molecule has 1 aliphatic heterocycles. The van der Waals surface area contributed by atoms with E-state index in [1.54, 1.807) is 42.6 Å². The lowest BCUT2D eigenvalue weighted by molar-refractivity contribution is -0.121. The van der Waals surface area contributed by atoms with Gasteiger partial charge >= 0.3 is 0 Å². The van der Waals surface area contributed by atoms with Gasteiger partial charge in [0, 0.05) is 73.9 Å². The predicted molar refractivity (Wildman–Crippen MR) is 257 cm³/mol. The van der Waals surface area contributed by atoms with Crippen LogP contribution in [0.3, 0.4) is 0 Å². The number of piperidine rings is 1. The van der Waals surface area contributed by atoms with Crippen LogP contribution < -0.4 is 41.8 Å². The first-order valence-electron chi connectivity index (χ1n) is 22.3. The minimum absolute atomic E-state index is 0.0524. The van der Waals surface area contributed by atoms with Gasteiger partial charge in [-0.3, -0.25) is 19.3 Å². The summed E-state index contributed by atoms with van der Waals surface area (Å²) in [5, 5.41) is 19.5. The molecule has 1 saturated heterocycles. The van der Waals surface area contributed by atoms with Crippen LogP contribution in [-0.2, 0) is 17.9 Å². The minimum atomic E-state index is -0.553. The van der Waals surface area contributed by atoms with Gasteiger partial charge in [-0.15, -0.1) is 5.10 Å². The van der Waals surface area contributed by atoms with Crippen molar-refractivity contribution >= 4 is 58.4 Å². The van der Waals surface area contributed by atoms with Crippen LogP contribution >= 0.6 is 11.6 Å². The summed E-state index contributed by atoms with van der Waals surface area (Å²) in [6.45, 7) is 6.06. The lowest BCUT2D eigenvalue weighted by atomic mass is 9.98. The summed E-state index contributed by atoms with van der Waals surface area (Å²) in [6, 6.07) is 14.2. The molecule has 3 amide bonds. The topological polar surface area (TPSA) is 280 Å². The zero-order chi connectivity index (χ0) is 48.3. The number of hydrogen-bond donors (Lipinski definition) is 6. The molecule has 0 unspecified atom stereocenters. The average molecular weight is 959 g/mol. The number of nitrogens with zero attached hydrogens (tertiary/aromatic N) is 10. The van der Waals surface area contributed by atoms with Crippen LogP contribution in [0.4, 0.5) is 23.3 Å². The lowest BCUT2D eigenvalue weighted by Gasteiger charge is -2.26. The summed E-state index contributed by atoms with van der Waals surface area (Å²) in [6.07, 6.45) is 8.99. The normalized spacial score (nSPS) is 12.7. The van der Waals surface area contributed by atoms with E-state index in [0.717, 1.165) is 37.1 Å². The van der Waals surface area contributed by atoms with Crippen molar-refractivity contribution < 1.29 is 28.3 Å². The molecule has 23 heteroatoms. The van der Waals surface area contributed by atoms with E-state index in [4.69, 9.17) is 31.2 Å². The molecule has 358 valence electrons. The predicted octanol–water partition coefficient (Wildman–Crippen LogP) is 5.18. The fourth-order valence-corrected chi connectivity index (χ4v) is 7.92. The smallest absolute Gasteiger partial charge is 0.293 e. The van der Waals surface area contributed by atoms with E-state index < -0.39 is 11.8 Å². The van der Waals surface area contributed by atoms with Crippen molar-refractivity contribution in [2.24, 2.45) is 0 Å². The van der Waals surface area contributed by atoms with Crippen molar-refractivity contribution in [3.05, 3.63) is 101 Å². The number of ether oxygens (including phenoxy) is 2. The minimum Gasteiger partial charge on any atom is -0.481 e. The Morgan fingerprint density at radius 3 is 2.22 bits per heavy atom. The summed E-state index contributed by atoms with van der Waals surface area (Å²) in [5.41, 5.74) is 10.4. The van der Waals surface area contributed by atoms with Gasteiger partial charge in [-0.2, -0.15) is 29.4 Å². The molecule has 6 heterocycles. The van der Waals surface area contributed by atoms with Crippen LogP contribution in [0.2, 0.25) is 5.02 Å². The number of hydrogen-bond acceptors (Lipinski definition) is 18. The number of aromatic nitrogens is 9. The molecule has 0 saturated carbocycles. The first kappa shape index (κ1) is 47.7. The largest absolute Gasteiger partial charge is 0.481 e. The Morgan fingerprint density at radius 1 is 0.797 bits per heavy atom. The number of likely N-dealkylation sites (tertiary alicyclic amines) is 1. The van der Waals surface area contributed by atoms with Crippen LogP contribution in [0, 0.1) is 6.92 Å². The van der Waals surface area contributed by atoms with Gasteiger partial charge in [-0.05, 0) is 74.7 Å². The summed E-state index contributed by atoms with van der Waals surface area (Å²) in [7, 11) is 2.98. The maximum absolute atomic E-state index is 13.5. The van der Waals surface area contributed by atoms with E-state index in [1.165, 1.54) is 37.6 Å². The van der Waals surface area contributed by atoms with Crippen molar-refractivity contribution in [3.63, 3.8) is 0 Å². The van der Waals surface area contributed by atoms with Crippen molar-refractivity contribution in [1.29, 1.82) is 0 Å². The van der Waals surface area contributed by atoms with Crippen molar-refractivity contribution in [1.82, 2.24) is 60.0 Å². The number of methoxy groups -OCH3 is 2. The van der Waals surface area contributed by atoms with E-state index in [9.17, 15) is 14.4 Å². The van der Waals surface area contributed by atoms with Crippen LogP contribution in [-0.4, -0.2) is 114 Å². The molecule has 7 aromatic rings. The number of nitrogens with two attached hydrogens (primary N) is 1. The van der Waals surface area contributed by atoms with Gasteiger partial charge < -0.3 is 46.2 Å². The van der Waals surface area contributed by atoms with E-state index in [1.807, 2.05) is 19.1 Å². The highest BCUT2D eigenvalue weighted by Crippen LogP contribution is 2.38. The van der Waals surface area contributed by atoms with E-state index in [2.05, 4.69) is 71.5 Å². The van der Waals surface area contributed by atoms with Gasteiger partial charge in [0.2, 0.25) is 47.0 Å². The zero-order valence-electron chi connectivity index (χ0n) is 38.2. The summed E-state index contributed by atoms with van der Waals surface area (Å²) < 4.78 is 17.7. The molecule has 2 aromatic carbocycles. The molecule has 0 aliphatic carbocycles. The monoisotopic (exact) mass is 958 g/mol. The first-order valence-corrected chi connectivity index (χ1v) is 22.6. The van der Waals surface area contributed by atoms with Gasteiger partial charge in [0.1, 0.15) is 0 Å². The fraction of sp³-hybridized carbons (Fsp3) is 0.326. The average Bonchev–Trinajstić information content (AvgIpc) is 4.06. The SMILES string of the molecule is COc1nc(C(=O)Nc2cccc(-c3cccc(NC(=O)c4ncc(CN5CCCCC5)c(OC)n4)c3Cl)c2C)ncc1CNCCNC(=O)CCCNc1nc(N)n2nc(-c3ccco3)nc2n1. The number of amides is 3. The highest BCUT2D eigenvalue weighted by atomic mass is 35.5. The molecular weight excluding hydrogens is 908 g/mol. The number of carbonyl (C=O) groups is 3. The van der Waals surface area contributed by atoms with E-state index in [-0.39, 0.29) is 52.6 Å². The molecule has 8 rings (SSSR count). The third-order valence-electron chi connectivity index (χ3n) is 11.2. The summed E-state index contributed by atoms with van der Waals surface area (Å²) in [5.74, 6) is 0.650. The van der Waals surface area contributed by atoms with Crippen molar-refractivity contribution in [2.75, 3.05) is 68.6 Å². The van der Waals surface area contributed by atoms with Crippen LogP contribution in [0.25, 0.3) is 28.5 Å². The highest BCUT2D eigenvalue weighted by Gasteiger charge is 2.22. The Bertz CT molecular complexity index is 2940. The Kier molecular flexibility index (Phi) is 15.4. The van der Waals surface area contributed by atoms with Gasteiger partial charge in [0.05, 0.1) is 31.2 Å². The third-order valence-corrected chi connectivity index (χ3v) is 11.6. The molecule has 69 heavy (non-hydrogen) atoms. The number of halogens is 1. The highest BCUT2D eigenvalue weighted by molar-refractivity contribution is 6.36. The van der Waals surface area contributed by atoms with Gasteiger partial charge in [0.15, 0.2) is 5.76 Å². The van der Waals surface area contributed by atoms with Gasteiger partial charge in [0.25, 0.3) is 17.6 Å². The molecule has 0 radical (unpaired) electrons. The van der Waals surface area contributed by atoms with Crippen molar-refractivity contribution in [2.45, 2.75) is 52.1 Å². The Hall–Kier alpha value is -7.82. The molecule has 0 bridgehead atoms. The number of fused-ring (bicyclic) bond motifs is 1. The van der Waals surface area contributed by atoms with Crippen LogP contribution in [0.15, 0.2) is 71.6 Å². The second-order valence-corrected chi connectivity index (χ2v) is 16.3. The Morgan fingerprint density at radius 2 is 1.49 bits per heavy atom. The standard InChI is InChI=1S/C46H51ClN16O6/c1-27-30(31-12-8-14-33(36(31)47)55-41(66)39-53-25-29(43(57-39)68-3)26-62-20-5-4-6-21-62)11-7-13-32(27)54-40(65)38-52-24-28(42(56-38)67-2)23-49-18-19-50-35(64)16-9-17-51-45-59-44(48)63-46(60-45)58-37(61-63)34-15-10-22-69-34/h7-8,10-15,22,24-25,49H,4-6,9,16-21,23,26H2,1-3H3,(H,50,64)(H,54,65)(H,55,66)(H3,48,51,58,59,60,61). The fourth-order valence-electron chi connectivity index (χ4n) is 7.64. The molecule has 0 atom stereocenters.